The van der Waals surface area contributed by atoms with Crippen molar-refractivity contribution in [3.63, 3.8) is 0 Å². The van der Waals surface area contributed by atoms with Crippen molar-refractivity contribution in [3.8, 4) is 5.75 Å². The van der Waals surface area contributed by atoms with Crippen molar-refractivity contribution in [2.24, 2.45) is 0 Å². The SMILES string of the molecule is Cc1cccc(C)c1NS(=O)(=O)c1ccc(NC(=O)c2ccc(OCC3CCCO3)c(Br)c2)cc1. The largest absolute Gasteiger partial charge is 0.490 e. The molecule has 4 rings (SSSR count). The molecule has 2 N–H and O–H groups in total. The molecule has 3 aromatic carbocycles. The molecule has 1 aliphatic rings. The number of carbonyl (C=O) groups is 1. The van der Waals surface area contributed by atoms with Crippen LogP contribution in [-0.4, -0.2) is 33.6 Å². The van der Waals surface area contributed by atoms with Gasteiger partial charge in [0.15, 0.2) is 0 Å². The van der Waals surface area contributed by atoms with E-state index in [0.717, 1.165) is 30.6 Å². The van der Waals surface area contributed by atoms with Crippen LogP contribution in [0.25, 0.3) is 0 Å². The zero-order chi connectivity index (χ0) is 25.0. The molecule has 184 valence electrons. The second-order valence-corrected chi connectivity index (χ2v) is 11.0. The lowest BCUT2D eigenvalue weighted by Gasteiger charge is -2.14. The van der Waals surface area contributed by atoms with Crippen LogP contribution >= 0.6 is 15.9 Å². The minimum Gasteiger partial charge on any atom is -0.490 e. The number of para-hydroxylation sites is 1. The van der Waals surface area contributed by atoms with Crippen molar-refractivity contribution in [1.29, 1.82) is 0 Å². The van der Waals surface area contributed by atoms with Crippen molar-refractivity contribution in [2.75, 3.05) is 23.3 Å². The number of halogens is 1. The smallest absolute Gasteiger partial charge is 0.261 e. The van der Waals surface area contributed by atoms with Gasteiger partial charge in [-0.15, -0.1) is 0 Å². The topological polar surface area (TPSA) is 93.7 Å². The molecule has 1 amide bonds. The number of benzene rings is 3. The molecule has 0 aliphatic carbocycles. The van der Waals surface area contributed by atoms with Crippen LogP contribution in [0.5, 0.6) is 5.75 Å². The van der Waals surface area contributed by atoms with E-state index in [9.17, 15) is 13.2 Å². The first-order chi connectivity index (χ1) is 16.7. The number of amides is 1. The monoisotopic (exact) mass is 558 g/mol. The summed E-state index contributed by atoms with van der Waals surface area (Å²) in [5.41, 5.74) is 3.17. The Hall–Kier alpha value is -2.88. The first-order valence-corrected chi connectivity index (χ1v) is 13.5. The van der Waals surface area contributed by atoms with Crippen LogP contribution in [0.15, 0.2) is 70.0 Å². The second kappa shape index (κ2) is 10.8. The predicted molar refractivity (Wildman–Crippen MR) is 140 cm³/mol. The maximum absolute atomic E-state index is 12.8. The van der Waals surface area contributed by atoms with E-state index < -0.39 is 10.0 Å². The number of anilines is 2. The van der Waals surface area contributed by atoms with E-state index in [4.69, 9.17) is 9.47 Å². The predicted octanol–water partition coefficient (Wildman–Crippen LogP) is 5.68. The summed E-state index contributed by atoms with van der Waals surface area (Å²) in [5, 5.41) is 2.79. The molecule has 0 saturated carbocycles. The zero-order valence-corrected chi connectivity index (χ0v) is 21.9. The van der Waals surface area contributed by atoms with Gasteiger partial charge >= 0.3 is 0 Å². The summed E-state index contributed by atoms with van der Waals surface area (Å²) >= 11 is 3.46. The molecule has 1 saturated heterocycles. The van der Waals surface area contributed by atoms with Gasteiger partial charge in [-0.05, 0) is 96.2 Å². The number of sulfonamides is 1. The quantitative estimate of drug-likeness (QED) is 0.371. The van der Waals surface area contributed by atoms with Crippen molar-refractivity contribution in [2.45, 2.75) is 37.7 Å². The van der Waals surface area contributed by atoms with E-state index in [1.54, 1.807) is 30.3 Å². The Labute approximate surface area is 214 Å². The lowest BCUT2D eigenvalue weighted by molar-refractivity contribution is 0.0677. The summed E-state index contributed by atoms with van der Waals surface area (Å²) in [7, 11) is -3.77. The Bertz CT molecular complexity index is 1300. The molecule has 1 heterocycles. The average Bonchev–Trinajstić information content (AvgIpc) is 3.35. The number of carbonyl (C=O) groups excluding carboxylic acids is 1. The molecule has 7 nitrogen and oxygen atoms in total. The summed E-state index contributed by atoms with van der Waals surface area (Å²) in [6.45, 7) is 4.94. The van der Waals surface area contributed by atoms with Crippen LogP contribution in [0.3, 0.4) is 0 Å². The number of hydrogen-bond donors (Lipinski definition) is 2. The van der Waals surface area contributed by atoms with Crippen molar-refractivity contribution in [1.82, 2.24) is 0 Å². The minimum atomic E-state index is -3.77. The first kappa shape index (κ1) is 25.2. The third-order valence-corrected chi connectivity index (χ3v) is 7.77. The molecule has 3 aromatic rings. The molecule has 0 radical (unpaired) electrons. The number of ether oxygens (including phenoxy) is 2. The summed E-state index contributed by atoms with van der Waals surface area (Å²) in [4.78, 5) is 12.8. The number of nitrogens with one attached hydrogen (secondary N) is 2. The van der Waals surface area contributed by atoms with Gasteiger partial charge in [0.2, 0.25) is 0 Å². The normalized spacial score (nSPS) is 15.6. The summed E-state index contributed by atoms with van der Waals surface area (Å²) < 4.78 is 40.4. The molecular formula is C26H27BrN2O5S. The van der Waals surface area contributed by atoms with Gasteiger partial charge < -0.3 is 14.8 Å². The van der Waals surface area contributed by atoms with Crippen LogP contribution < -0.4 is 14.8 Å². The van der Waals surface area contributed by atoms with Gasteiger partial charge in [-0.1, -0.05) is 18.2 Å². The molecule has 9 heteroatoms. The van der Waals surface area contributed by atoms with Crippen LogP contribution in [0.4, 0.5) is 11.4 Å². The van der Waals surface area contributed by atoms with Gasteiger partial charge in [-0.3, -0.25) is 9.52 Å². The van der Waals surface area contributed by atoms with E-state index in [2.05, 4.69) is 26.0 Å². The Kier molecular flexibility index (Phi) is 7.78. The Morgan fingerprint density at radius 1 is 1.09 bits per heavy atom. The summed E-state index contributed by atoms with van der Waals surface area (Å²) in [6.07, 6.45) is 2.14. The van der Waals surface area contributed by atoms with Crippen LogP contribution in [0.1, 0.15) is 34.3 Å². The van der Waals surface area contributed by atoms with E-state index >= 15 is 0 Å². The Morgan fingerprint density at radius 2 is 1.80 bits per heavy atom. The zero-order valence-electron chi connectivity index (χ0n) is 19.5. The molecule has 1 fully saturated rings. The highest BCUT2D eigenvalue weighted by Gasteiger charge is 2.18. The van der Waals surface area contributed by atoms with Crippen molar-refractivity contribution in [3.05, 3.63) is 81.8 Å². The fourth-order valence-electron chi connectivity index (χ4n) is 3.81. The molecule has 0 bridgehead atoms. The fraction of sp³-hybridized carbons (Fsp3) is 0.269. The Morgan fingerprint density at radius 3 is 2.43 bits per heavy atom. The lowest BCUT2D eigenvalue weighted by Crippen LogP contribution is -2.17. The van der Waals surface area contributed by atoms with E-state index in [1.165, 1.54) is 12.1 Å². The highest BCUT2D eigenvalue weighted by Crippen LogP contribution is 2.28. The van der Waals surface area contributed by atoms with Crippen LogP contribution in [-0.2, 0) is 14.8 Å². The molecule has 1 unspecified atom stereocenters. The molecule has 35 heavy (non-hydrogen) atoms. The average molecular weight is 559 g/mol. The molecule has 1 atom stereocenters. The molecule has 0 aromatic heterocycles. The summed E-state index contributed by atoms with van der Waals surface area (Å²) in [5.74, 6) is 0.323. The molecule has 1 aliphatic heterocycles. The first-order valence-electron chi connectivity index (χ1n) is 11.3. The van der Waals surface area contributed by atoms with E-state index in [1.807, 2.05) is 32.0 Å². The van der Waals surface area contributed by atoms with E-state index in [0.29, 0.717) is 33.8 Å². The second-order valence-electron chi connectivity index (χ2n) is 8.44. The number of hydrogen-bond acceptors (Lipinski definition) is 5. The molecular weight excluding hydrogens is 532 g/mol. The number of rotatable bonds is 8. The summed E-state index contributed by atoms with van der Waals surface area (Å²) in [6, 6.07) is 16.7. The van der Waals surface area contributed by atoms with Crippen molar-refractivity contribution >= 4 is 43.2 Å². The lowest BCUT2D eigenvalue weighted by atomic mass is 10.1. The van der Waals surface area contributed by atoms with Gasteiger partial charge in [0.1, 0.15) is 12.4 Å². The van der Waals surface area contributed by atoms with Gasteiger partial charge in [0, 0.05) is 17.9 Å². The van der Waals surface area contributed by atoms with Crippen LogP contribution in [0.2, 0.25) is 0 Å². The van der Waals surface area contributed by atoms with Gasteiger partial charge in [-0.2, -0.15) is 0 Å². The maximum Gasteiger partial charge on any atom is 0.261 e. The van der Waals surface area contributed by atoms with Gasteiger partial charge in [-0.25, -0.2) is 8.42 Å². The maximum atomic E-state index is 12.8. The molecule has 0 spiro atoms. The van der Waals surface area contributed by atoms with Gasteiger partial charge in [0.25, 0.3) is 15.9 Å². The van der Waals surface area contributed by atoms with Crippen LogP contribution in [0, 0.1) is 13.8 Å². The highest BCUT2D eigenvalue weighted by molar-refractivity contribution is 9.10. The third kappa shape index (κ3) is 6.22. The number of aryl methyl sites for hydroxylation is 2. The van der Waals surface area contributed by atoms with Gasteiger partial charge in [0.05, 0.1) is 21.2 Å². The highest BCUT2D eigenvalue weighted by atomic mass is 79.9. The Balaban J connectivity index is 1.40. The standard InChI is InChI=1S/C26H27BrN2O5S/c1-17-5-3-6-18(2)25(17)29-35(31,32)22-11-9-20(10-12-22)28-26(30)19-8-13-24(23(27)15-19)34-16-21-7-4-14-33-21/h3,5-6,8-13,15,21,29H,4,7,14,16H2,1-2H3,(H,28,30). The van der Waals surface area contributed by atoms with Crippen molar-refractivity contribution < 1.29 is 22.7 Å². The third-order valence-electron chi connectivity index (χ3n) is 5.78. The fourth-order valence-corrected chi connectivity index (χ4v) is 5.50. The van der Waals surface area contributed by atoms with E-state index in [-0.39, 0.29) is 16.9 Å². The minimum absolute atomic E-state index is 0.104.